The Balaban J connectivity index is 1.70. The lowest BCUT2D eigenvalue weighted by atomic mass is 10.1. The molecule has 140 valence electrons. The van der Waals surface area contributed by atoms with Gasteiger partial charge in [-0.05, 0) is 37.1 Å². The fourth-order valence-corrected chi connectivity index (χ4v) is 2.91. The fraction of sp³-hybridized carbons (Fsp3) is 0.238. The number of hydrogen-bond donors (Lipinski definition) is 1. The molecule has 0 amide bonds. The first-order chi connectivity index (χ1) is 13.0. The molecule has 3 aromatic rings. The molecule has 0 unspecified atom stereocenters. The Labute approximate surface area is 156 Å². The molecule has 0 spiro atoms. The van der Waals surface area contributed by atoms with Gasteiger partial charge in [-0.15, -0.1) is 0 Å². The summed E-state index contributed by atoms with van der Waals surface area (Å²) < 4.78 is 15.8. The lowest BCUT2D eigenvalue weighted by Crippen LogP contribution is -2.09. The number of phenolic OH excluding ortho intramolecular Hbond substituents is 1. The van der Waals surface area contributed by atoms with E-state index in [0.29, 0.717) is 28.5 Å². The van der Waals surface area contributed by atoms with Gasteiger partial charge in [0.1, 0.15) is 23.7 Å². The van der Waals surface area contributed by atoms with Gasteiger partial charge in [0.25, 0.3) is 0 Å². The summed E-state index contributed by atoms with van der Waals surface area (Å²) in [5, 5.41) is 10.4. The van der Waals surface area contributed by atoms with Crippen LogP contribution in [0.1, 0.15) is 23.1 Å². The number of methoxy groups -OCH3 is 1. The van der Waals surface area contributed by atoms with E-state index in [9.17, 15) is 14.7 Å². The highest BCUT2D eigenvalue weighted by Gasteiger charge is 2.13. The number of benzene rings is 2. The molecule has 1 N–H and O–H groups in total. The van der Waals surface area contributed by atoms with Gasteiger partial charge in [0.2, 0.25) is 0 Å². The zero-order valence-corrected chi connectivity index (χ0v) is 15.2. The number of aryl methyl sites for hydroxylation is 2. The van der Waals surface area contributed by atoms with Gasteiger partial charge in [0.15, 0.2) is 0 Å². The molecule has 0 saturated heterocycles. The van der Waals surface area contributed by atoms with Crippen molar-refractivity contribution in [1.29, 1.82) is 0 Å². The van der Waals surface area contributed by atoms with Gasteiger partial charge >= 0.3 is 11.6 Å². The zero-order chi connectivity index (χ0) is 19.4. The summed E-state index contributed by atoms with van der Waals surface area (Å²) in [6, 6.07) is 11.9. The minimum Gasteiger partial charge on any atom is -0.508 e. The molecule has 0 fully saturated rings. The smallest absolute Gasteiger partial charge is 0.336 e. The monoisotopic (exact) mass is 368 g/mol. The molecule has 6 nitrogen and oxygen atoms in total. The molecule has 0 radical (unpaired) electrons. The van der Waals surface area contributed by atoms with Crippen LogP contribution in [0.2, 0.25) is 0 Å². The molecule has 0 aliphatic heterocycles. The van der Waals surface area contributed by atoms with Crippen molar-refractivity contribution in [2.45, 2.75) is 26.4 Å². The molecule has 0 aliphatic carbocycles. The lowest BCUT2D eigenvalue weighted by Gasteiger charge is -2.10. The van der Waals surface area contributed by atoms with Crippen molar-refractivity contribution in [3.05, 3.63) is 69.6 Å². The first kappa shape index (κ1) is 18.5. The van der Waals surface area contributed by atoms with E-state index < -0.39 is 5.63 Å². The Morgan fingerprint density at radius 1 is 1.15 bits per heavy atom. The van der Waals surface area contributed by atoms with E-state index >= 15 is 0 Å². The summed E-state index contributed by atoms with van der Waals surface area (Å²) in [6.07, 6.45) is 0.688. The number of rotatable bonds is 6. The van der Waals surface area contributed by atoms with Gasteiger partial charge in [-0.2, -0.15) is 0 Å². The number of hydrogen-bond acceptors (Lipinski definition) is 6. The molecular formula is C21H20O6. The second kappa shape index (κ2) is 7.95. The maximum atomic E-state index is 12.1. The van der Waals surface area contributed by atoms with E-state index in [2.05, 4.69) is 0 Å². The number of para-hydroxylation sites is 1. The largest absolute Gasteiger partial charge is 0.508 e. The Morgan fingerprint density at radius 2 is 1.93 bits per heavy atom. The topological polar surface area (TPSA) is 86.0 Å². The van der Waals surface area contributed by atoms with Crippen molar-refractivity contribution >= 4 is 16.9 Å². The average Bonchev–Trinajstić information content (AvgIpc) is 2.67. The van der Waals surface area contributed by atoms with Crippen LogP contribution in [0.4, 0.5) is 0 Å². The summed E-state index contributed by atoms with van der Waals surface area (Å²) in [7, 11) is 1.59. The molecule has 1 heterocycles. The number of carbonyl (C=O) groups excluding carboxylic acids is 1. The van der Waals surface area contributed by atoms with E-state index in [-0.39, 0.29) is 24.7 Å². The molecule has 0 aliphatic rings. The number of ether oxygens (including phenoxy) is 2. The summed E-state index contributed by atoms with van der Waals surface area (Å²) >= 11 is 0. The van der Waals surface area contributed by atoms with Gasteiger partial charge < -0.3 is 19.0 Å². The number of phenols is 1. The quantitative estimate of drug-likeness (QED) is 0.529. The molecule has 2 aromatic carbocycles. The van der Waals surface area contributed by atoms with Crippen molar-refractivity contribution in [3.63, 3.8) is 0 Å². The molecule has 1 aromatic heterocycles. The summed E-state index contributed by atoms with van der Waals surface area (Å²) in [5.41, 5.74) is 1.66. The third-order valence-corrected chi connectivity index (χ3v) is 4.40. The standard InChI is InChI=1S/C21H20O6/c1-13-17(22)9-8-16-15(11-20(24)27-21(13)16)12-26-19(23)10-7-14-5-3-4-6-18(14)25-2/h3-6,8-9,11,22H,7,10,12H2,1-2H3. The summed E-state index contributed by atoms with van der Waals surface area (Å²) in [4.78, 5) is 23.9. The van der Waals surface area contributed by atoms with E-state index in [1.54, 1.807) is 20.1 Å². The first-order valence-electron chi connectivity index (χ1n) is 8.52. The molecule has 0 bridgehead atoms. The minimum absolute atomic E-state index is 0.0385. The predicted molar refractivity (Wildman–Crippen MR) is 100.0 cm³/mol. The van der Waals surface area contributed by atoms with Gasteiger partial charge in [0.05, 0.1) is 7.11 Å². The molecule has 27 heavy (non-hydrogen) atoms. The highest BCUT2D eigenvalue weighted by molar-refractivity contribution is 5.85. The minimum atomic E-state index is -0.559. The maximum Gasteiger partial charge on any atom is 0.336 e. The molecular weight excluding hydrogens is 348 g/mol. The normalized spacial score (nSPS) is 10.7. The van der Waals surface area contributed by atoms with Crippen molar-refractivity contribution in [2.24, 2.45) is 0 Å². The highest BCUT2D eigenvalue weighted by Crippen LogP contribution is 2.27. The number of fused-ring (bicyclic) bond motifs is 1. The fourth-order valence-electron chi connectivity index (χ4n) is 2.91. The molecule has 6 heteroatoms. The van der Waals surface area contributed by atoms with Gasteiger partial charge in [-0.3, -0.25) is 4.79 Å². The number of esters is 1. The maximum absolute atomic E-state index is 12.1. The molecule has 0 saturated carbocycles. The predicted octanol–water partition coefficient (Wildman–Crippen LogP) is 3.49. The second-order valence-corrected chi connectivity index (χ2v) is 6.15. The Kier molecular flexibility index (Phi) is 5.45. The van der Waals surface area contributed by atoms with E-state index in [1.165, 1.54) is 12.1 Å². The van der Waals surface area contributed by atoms with Crippen LogP contribution in [0.25, 0.3) is 11.0 Å². The van der Waals surface area contributed by atoms with Gasteiger partial charge in [0, 0.05) is 29.0 Å². The van der Waals surface area contributed by atoms with Crippen LogP contribution in [0.3, 0.4) is 0 Å². The summed E-state index contributed by atoms with van der Waals surface area (Å²) in [6.45, 7) is 1.61. The molecule has 0 atom stereocenters. The SMILES string of the molecule is COc1ccccc1CCC(=O)OCc1cc(=O)oc2c(C)c(O)ccc12. The Morgan fingerprint density at radius 3 is 2.70 bits per heavy atom. The summed E-state index contributed by atoms with van der Waals surface area (Å²) in [5.74, 6) is 0.390. The number of carbonyl (C=O) groups is 1. The van der Waals surface area contributed by atoms with E-state index in [0.717, 1.165) is 11.3 Å². The van der Waals surface area contributed by atoms with Crippen LogP contribution in [-0.4, -0.2) is 18.2 Å². The average molecular weight is 368 g/mol. The second-order valence-electron chi connectivity index (χ2n) is 6.15. The van der Waals surface area contributed by atoms with Crippen LogP contribution in [0.5, 0.6) is 11.5 Å². The van der Waals surface area contributed by atoms with E-state index in [1.807, 2.05) is 24.3 Å². The first-order valence-corrected chi connectivity index (χ1v) is 8.52. The van der Waals surface area contributed by atoms with Crippen LogP contribution in [0, 0.1) is 6.92 Å². The van der Waals surface area contributed by atoms with Crippen molar-refractivity contribution < 1.29 is 23.8 Å². The van der Waals surface area contributed by atoms with Crippen molar-refractivity contribution in [2.75, 3.05) is 7.11 Å². The van der Waals surface area contributed by atoms with Crippen LogP contribution < -0.4 is 10.4 Å². The third-order valence-electron chi connectivity index (χ3n) is 4.40. The van der Waals surface area contributed by atoms with E-state index in [4.69, 9.17) is 13.9 Å². The lowest BCUT2D eigenvalue weighted by molar-refractivity contribution is -0.144. The van der Waals surface area contributed by atoms with Crippen molar-refractivity contribution in [1.82, 2.24) is 0 Å². The van der Waals surface area contributed by atoms with Crippen LogP contribution >= 0.6 is 0 Å². The van der Waals surface area contributed by atoms with Crippen LogP contribution in [0.15, 0.2) is 51.7 Å². The Bertz CT molecular complexity index is 1030. The van der Waals surface area contributed by atoms with Crippen LogP contribution in [-0.2, 0) is 22.6 Å². The Hall–Kier alpha value is -3.28. The van der Waals surface area contributed by atoms with Gasteiger partial charge in [-0.1, -0.05) is 18.2 Å². The third kappa shape index (κ3) is 4.11. The zero-order valence-electron chi connectivity index (χ0n) is 15.2. The number of aromatic hydroxyl groups is 1. The molecule has 3 rings (SSSR count). The van der Waals surface area contributed by atoms with Crippen molar-refractivity contribution in [3.8, 4) is 11.5 Å². The highest BCUT2D eigenvalue weighted by atomic mass is 16.5. The van der Waals surface area contributed by atoms with Gasteiger partial charge in [-0.25, -0.2) is 4.79 Å².